The number of carbonyl (C=O) groups excluding carboxylic acids is 1. The van der Waals surface area contributed by atoms with Crippen molar-refractivity contribution in [1.82, 2.24) is 0 Å². The maximum Gasteiger partial charge on any atom is 0.305 e. The molecular formula is C33H66O10. The van der Waals surface area contributed by atoms with Crippen LogP contribution in [0.4, 0.5) is 0 Å². The van der Waals surface area contributed by atoms with Crippen LogP contribution in [0.25, 0.3) is 0 Å². The minimum Gasteiger partial charge on any atom is -0.463 e. The SMILES string of the molecule is CCCCCCCCCC(=O)OCCOCCOCCOCCOCCOCCOCCOCCOCCCCCCC. The van der Waals surface area contributed by atoms with Gasteiger partial charge in [0.2, 0.25) is 0 Å². The second-order valence-corrected chi connectivity index (χ2v) is 10.4. The fourth-order valence-corrected chi connectivity index (χ4v) is 3.96. The molecule has 0 saturated carbocycles. The van der Waals surface area contributed by atoms with E-state index in [9.17, 15) is 4.79 Å². The van der Waals surface area contributed by atoms with Crippen molar-refractivity contribution in [2.45, 2.75) is 97.3 Å². The number of unbranched alkanes of at least 4 members (excludes halogenated alkanes) is 10. The maximum absolute atomic E-state index is 11.7. The molecule has 0 bridgehead atoms. The average molecular weight is 623 g/mol. The first kappa shape index (κ1) is 42.1. The van der Waals surface area contributed by atoms with E-state index in [0.717, 1.165) is 25.9 Å². The van der Waals surface area contributed by atoms with Gasteiger partial charge in [0, 0.05) is 13.0 Å². The Morgan fingerprint density at radius 1 is 0.326 bits per heavy atom. The molecule has 0 N–H and O–H groups in total. The summed E-state index contributed by atoms with van der Waals surface area (Å²) >= 11 is 0. The first-order chi connectivity index (χ1) is 21.3. The normalized spacial score (nSPS) is 11.4. The van der Waals surface area contributed by atoms with Crippen molar-refractivity contribution in [3.8, 4) is 0 Å². The molecular weight excluding hydrogens is 556 g/mol. The number of ether oxygens (including phenoxy) is 9. The highest BCUT2D eigenvalue weighted by atomic mass is 16.6. The van der Waals surface area contributed by atoms with Crippen molar-refractivity contribution < 1.29 is 47.4 Å². The van der Waals surface area contributed by atoms with Gasteiger partial charge in [-0.1, -0.05) is 78.1 Å². The van der Waals surface area contributed by atoms with Crippen LogP contribution in [0.3, 0.4) is 0 Å². The van der Waals surface area contributed by atoms with Gasteiger partial charge in [0.15, 0.2) is 0 Å². The van der Waals surface area contributed by atoms with Gasteiger partial charge in [-0.3, -0.25) is 4.79 Å². The van der Waals surface area contributed by atoms with E-state index in [1.807, 2.05) is 0 Å². The van der Waals surface area contributed by atoms with Crippen LogP contribution in [0.15, 0.2) is 0 Å². The lowest BCUT2D eigenvalue weighted by molar-refractivity contribution is -0.145. The summed E-state index contributed by atoms with van der Waals surface area (Å²) in [4.78, 5) is 11.7. The van der Waals surface area contributed by atoms with Crippen LogP contribution in [0.1, 0.15) is 97.3 Å². The third kappa shape index (κ3) is 39.1. The summed E-state index contributed by atoms with van der Waals surface area (Å²) in [5, 5.41) is 0. The number of hydrogen-bond acceptors (Lipinski definition) is 10. The quantitative estimate of drug-likeness (QED) is 0.0623. The molecule has 0 saturated heterocycles. The van der Waals surface area contributed by atoms with Crippen LogP contribution in [0, 0.1) is 0 Å². The number of carbonyl (C=O) groups is 1. The Bertz CT molecular complexity index is 524. The maximum atomic E-state index is 11.7. The van der Waals surface area contributed by atoms with Gasteiger partial charge >= 0.3 is 5.97 Å². The van der Waals surface area contributed by atoms with Gasteiger partial charge in [-0.05, 0) is 12.8 Å². The lowest BCUT2D eigenvalue weighted by atomic mass is 10.1. The van der Waals surface area contributed by atoms with E-state index in [-0.39, 0.29) is 5.97 Å². The number of esters is 1. The Kier molecular flexibility index (Phi) is 38.4. The van der Waals surface area contributed by atoms with E-state index in [2.05, 4.69) is 13.8 Å². The summed E-state index contributed by atoms with van der Waals surface area (Å²) in [5.74, 6) is -0.135. The molecule has 10 heteroatoms. The average Bonchev–Trinajstić information content (AvgIpc) is 3.01. The second kappa shape index (κ2) is 39.2. The molecule has 0 unspecified atom stereocenters. The van der Waals surface area contributed by atoms with Gasteiger partial charge in [-0.25, -0.2) is 0 Å². The van der Waals surface area contributed by atoms with Crippen molar-refractivity contribution in [2.75, 3.05) is 112 Å². The molecule has 0 amide bonds. The molecule has 0 aliphatic rings. The lowest BCUT2D eigenvalue weighted by Crippen LogP contribution is -2.15. The molecule has 258 valence electrons. The van der Waals surface area contributed by atoms with E-state index in [0.29, 0.717) is 112 Å². The highest BCUT2D eigenvalue weighted by Crippen LogP contribution is 2.08. The van der Waals surface area contributed by atoms with Crippen molar-refractivity contribution in [2.24, 2.45) is 0 Å². The van der Waals surface area contributed by atoms with Gasteiger partial charge in [0.25, 0.3) is 0 Å². The van der Waals surface area contributed by atoms with Crippen LogP contribution < -0.4 is 0 Å². The summed E-state index contributed by atoms with van der Waals surface area (Å²) in [7, 11) is 0. The van der Waals surface area contributed by atoms with Crippen molar-refractivity contribution in [3.05, 3.63) is 0 Å². The second-order valence-electron chi connectivity index (χ2n) is 10.4. The zero-order valence-corrected chi connectivity index (χ0v) is 27.8. The van der Waals surface area contributed by atoms with Crippen LogP contribution in [0.5, 0.6) is 0 Å². The first-order valence-electron chi connectivity index (χ1n) is 17.1. The van der Waals surface area contributed by atoms with Crippen molar-refractivity contribution in [3.63, 3.8) is 0 Å². The fourth-order valence-electron chi connectivity index (χ4n) is 3.96. The molecule has 0 radical (unpaired) electrons. The van der Waals surface area contributed by atoms with Crippen LogP contribution >= 0.6 is 0 Å². The number of rotatable bonds is 38. The Morgan fingerprint density at radius 3 is 0.977 bits per heavy atom. The zero-order valence-electron chi connectivity index (χ0n) is 27.8. The van der Waals surface area contributed by atoms with Crippen LogP contribution in [-0.4, -0.2) is 118 Å². The highest BCUT2D eigenvalue weighted by molar-refractivity contribution is 5.69. The van der Waals surface area contributed by atoms with Gasteiger partial charge < -0.3 is 42.6 Å². The predicted octanol–water partition coefficient (Wildman–Crippen LogP) is 5.77. The smallest absolute Gasteiger partial charge is 0.305 e. The standard InChI is InChI=1S/C33H66O10/c1-3-5-7-9-10-11-13-15-33(34)43-32-31-42-30-29-41-28-27-40-26-25-39-24-23-38-22-21-37-20-19-36-18-17-35-16-14-12-8-6-4-2/h3-32H2,1-2H3. The molecule has 0 aromatic heterocycles. The lowest BCUT2D eigenvalue weighted by Gasteiger charge is -2.09. The fraction of sp³-hybridized carbons (Fsp3) is 0.970. The van der Waals surface area contributed by atoms with Gasteiger partial charge in [-0.2, -0.15) is 0 Å². The largest absolute Gasteiger partial charge is 0.463 e. The van der Waals surface area contributed by atoms with E-state index in [4.69, 9.17) is 42.6 Å². The molecule has 43 heavy (non-hydrogen) atoms. The summed E-state index contributed by atoms with van der Waals surface area (Å²) < 4.78 is 49.1. The summed E-state index contributed by atoms with van der Waals surface area (Å²) in [6.45, 7) is 13.4. The minimum absolute atomic E-state index is 0.135. The molecule has 0 aromatic rings. The summed E-state index contributed by atoms with van der Waals surface area (Å²) in [5.41, 5.74) is 0. The topological polar surface area (TPSA) is 100 Å². The van der Waals surface area contributed by atoms with E-state index in [1.165, 1.54) is 57.8 Å². The molecule has 0 aromatic carbocycles. The van der Waals surface area contributed by atoms with Crippen molar-refractivity contribution >= 4 is 5.97 Å². The van der Waals surface area contributed by atoms with Crippen LogP contribution in [-0.2, 0) is 47.4 Å². The molecule has 0 heterocycles. The number of hydrogen-bond donors (Lipinski definition) is 0. The molecule has 0 fully saturated rings. The Balaban J connectivity index is 3.09. The van der Waals surface area contributed by atoms with Gasteiger partial charge in [0.05, 0.1) is 99.1 Å². The molecule has 0 aliphatic heterocycles. The van der Waals surface area contributed by atoms with E-state index in [1.54, 1.807) is 0 Å². The third-order valence-corrected chi connectivity index (χ3v) is 6.47. The molecule has 0 aliphatic carbocycles. The molecule has 0 spiro atoms. The van der Waals surface area contributed by atoms with E-state index >= 15 is 0 Å². The first-order valence-corrected chi connectivity index (χ1v) is 17.1. The minimum atomic E-state index is -0.135. The van der Waals surface area contributed by atoms with E-state index < -0.39 is 0 Å². The van der Waals surface area contributed by atoms with Crippen molar-refractivity contribution in [1.29, 1.82) is 0 Å². The summed E-state index contributed by atoms with van der Waals surface area (Å²) in [6.07, 6.45) is 15.1. The van der Waals surface area contributed by atoms with Gasteiger partial charge in [0.1, 0.15) is 6.61 Å². The monoisotopic (exact) mass is 622 g/mol. The molecule has 10 nitrogen and oxygen atoms in total. The van der Waals surface area contributed by atoms with Gasteiger partial charge in [-0.15, -0.1) is 0 Å². The third-order valence-electron chi connectivity index (χ3n) is 6.47. The Morgan fingerprint density at radius 2 is 0.605 bits per heavy atom. The highest BCUT2D eigenvalue weighted by Gasteiger charge is 2.02. The molecule has 0 rings (SSSR count). The predicted molar refractivity (Wildman–Crippen MR) is 169 cm³/mol. The summed E-state index contributed by atoms with van der Waals surface area (Å²) in [6, 6.07) is 0. The van der Waals surface area contributed by atoms with Crippen LogP contribution in [0.2, 0.25) is 0 Å². The molecule has 0 atom stereocenters. The Hall–Kier alpha value is -0.850. The Labute approximate surface area is 263 Å². The zero-order chi connectivity index (χ0) is 31.2.